The molecule has 0 aliphatic rings. The Morgan fingerprint density at radius 2 is 2.19 bits per heavy atom. The number of thiazole rings is 1. The minimum absolute atomic E-state index is 0.124. The predicted molar refractivity (Wildman–Crippen MR) is 82.1 cm³/mol. The third kappa shape index (κ3) is 3.43. The normalized spacial score (nSPS) is 10.4. The lowest BCUT2D eigenvalue weighted by Gasteiger charge is -2.18. The van der Waals surface area contributed by atoms with Gasteiger partial charge >= 0.3 is 0 Å². The first-order chi connectivity index (χ1) is 9.88. The maximum Gasteiger partial charge on any atom is 0.280 e. The van der Waals surface area contributed by atoms with Crippen LogP contribution in [0, 0.1) is 17.0 Å². The summed E-state index contributed by atoms with van der Waals surface area (Å²) in [6, 6.07) is 4.57. The minimum atomic E-state index is -0.537. The van der Waals surface area contributed by atoms with Gasteiger partial charge in [-0.2, -0.15) is 0 Å². The van der Waals surface area contributed by atoms with Crippen LogP contribution in [0.5, 0.6) is 0 Å². The van der Waals surface area contributed by atoms with Crippen LogP contribution < -0.4 is 4.90 Å². The number of benzene rings is 1. The molecule has 0 saturated heterocycles. The molecule has 0 bridgehead atoms. The van der Waals surface area contributed by atoms with Gasteiger partial charge in [0, 0.05) is 24.2 Å². The Bertz CT molecular complexity index is 697. The number of rotatable bonds is 5. The first-order valence-corrected chi connectivity index (χ1v) is 7.18. The minimum Gasteiger partial charge on any atom is -0.369 e. The summed E-state index contributed by atoms with van der Waals surface area (Å²) in [7, 11) is 1.86. The predicted octanol–water partition coefficient (Wildman–Crippen LogP) is 3.20. The van der Waals surface area contributed by atoms with Crippen molar-refractivity contribution in [3.63, 3.8) is 0 Å². The Morgan fingerprint density at radius 3 is 2.71 bits per heavy atom. The Hall–Kier alpha value is -2.28. The quantitative estimate of drug-likeness (QED) is 0.481. The van der Waals surface area contributed by atoms with Gasteiger partial charge in [0.2, 0.25) is 0 Å². The summed E-state index contributed by atoms with van der Waals surface area (Å²) in [5, 5.41) is 13.9. The van der Waals surface area contributed by atoms with Crippen LogP contribution in [0.3, 0.4) is 0 Å². The summed E-state index contributed by atoms with van der Waals surface area (Å²) in [5.74, 6) is -0.318. The molecule has 7 heteroatoms. The molecule has 0 fully saturated rings. The number of aryl methyl sites for hydroxylation is 1. The van der Waals surface area contributed by atoms with Gasteiger partial charge in [-0.25, -0.2) is 4.98 Å². The first-order valence-electron chi connectivity index (χ1n) is 6.30. The molecule has 0 N–H and O–H groups in total. The van der Waals surface area contributed by atoms with Gasteiger partial charge in [0.1, 0.15) is 0 Å². The van der Waals surface area contributed by atoms with Gasteiger partial charge in [0.25, 0.3) is 5.69 Å². The maximum atomic E-state index is 11.6. The molecular formula is C14H15N3O3S. The molecule has 0 unspecified atom stereocenters. The topological polar surface area (TPSA) is 76.3 Å². The first kappa shape index (κ1) is 15.1. The number of Topliss-reactive ketones (excluding diaryl/α,β-unsaturated/α-hetero) is 1. The highest BCUT2D eigenvalue weighted by Gasteiger charge is 2.18. The highest BCUT2D eigenvalue weighted by Crippen LogP contribution is 2.26. The van der Waals surface area contributed by atoms with Crippen molar-refractivity contribution < 1.29 is 9.72 Å². The monoisotopic (exact) mass is 305 g/mol. The third-order valence-electron chi connectivity index (χ3n) is 3.06. The second kappa shape index (κ2) is 6.01. The fourth-order valence-corrected chi connectivity index (χ4v) is 2.62. The number of nitro benzene ring substituents is 1. The molecular weight excluding hydrogens is 290 g/mol. The second-order valence-corrected chi connectivity index (χ2v) is 5.79. The number of hydrogen-bond acceptors (Lipinski definition) is 6. The Morgan fingerprint density at radius 1 is 1.48 bits per heavy atom. The number of ketones is 1. The zero-order chi connectivity index (χ0) is 15.6. The van der Waals surface area contributed by atoms with Crippen molar-refractivity contribution in [2.45, 2.75) is 20.4 Å². The van der Waals surface area contributed by atoms with E-state index in [2.05, 4.69) is 4.98 Å². The highest BCUT2D eigenvalue weighted by atomic mass is 32.1. The number of aromatic nitrogens is 1. The molecule has 2 aromatic rings. The van der Waals surface area contributed by atoms with Crippen LogP contribution in [-0.2, 0) is 6.54 Å². The van der Waals surface area contributed by atoms with Crippen LogP contribution in [0.1, 0.15) is 28.0 Å². The second-order valence-electron chi connectivity index (χ2n) is 4.73. The van der Waals surface area contributed by atoms with E-state index in [1.54, 1.807) is 23.5 Å². The molecule has 1 heterocycles. The number of hydrogen-bond donors (Lipinski definition) is 0. The van der Waals surface area contributed by atoms with E-state index in [-0.39, 0.29) is 17.0 Å². The van der Waals surface area contributed by atoms with Crippen LogP contribution in [0.2, 0.25) is 0 Å². The molecule has 1 aromatic carbocycles. The lowest BCUT2D eigenvalue weighted by molar-refractivity contribution is -0.385. The van der Waals surface area contributed by atoms with Gasteiger partial charge in [-0.1, -0.05) is 0 Å². The van der Waals surface area contributed by atoms with Crippen molar-refractivity contribution in [1.82, 2.24) is 4.98 Å². The summed E-state index contributed by atoms with van der Waals surface area (Å²) < 4.78 is 0. The van der Waals surface area contributed by atoms with Gasteiger partial charge in [-0.05, 0) is 26.0 Å². The molecule has 0 radical (unpaired) electrons. The van der Waals surface area contributed by atoms with Crippen molar-refractivity contribution in [2.24, 2.45) is 0 Å². The van der Waals surface area contributed by atoms with Crippen molar-refractivity contribution in [1.29, 1.82) is 0 Å². The molecule has 110 valence electrons. The van der Waals surface area contributed by atoms with Crippen molar-refractivity contribution in [3.8, 4) is 0 Å². The van der Waals surface area contributed by atoms with Crippen molar-refractivity contribution in [2.75, 3.05) is 11.9 Å². The lowest BCUT2D eigenvalue weighted by Crippen LogP contribution is -2.17. The van der Waals surface area contributed by atoms with Crippen molar-refractivity contribution >= 4 is 28.5 Å². The molecule has 1 aromatic heterocycles. The molecule has 0 amide bonds. The average molecular weight is 305 g/mol. The Labute approximate surface area is 126 Å². The van der Waals surface area contributed by atoms with Crippen LogP contribution in [0.25, 0.3) is 0 Å². The molecule has 6 nitrogen and oxygen atoms in total. The van der Waals surface area contributed by atoms with E-state index in [9.17, 15) is 14.9 Å². The Kier molecular flexibility index (Phi) is 4.32. The van der Waals surface area contributed by atoms with E-state index in [4.69, 9.17) is 0 Å². The van der Waals surface area contributed by atoms with E-state index >= 15 is 0 Å². The van der Waals surface area contributed by atoms with Gasteiger partial charge in [-0.3, -0.25) is 14.9 Å². The molecule has 0 spiro atoms. The molecule has 2 rings (SSSR count). The number of carbonyl (C=O) groups is 1. The zero-order valence-corrected chi connectivity index (χ0v) is 12.8. The average Bonchev–Trinajstić information content (AvgIpc) is 2.83. The smallest absolute Gasteiger partial charge is 0.280 e. The zero-order valence-electron chi connectivity index (χ0n) is 12.0. The fraction of sp³-hybridized carbons (Fsp3) is 0.286. The van der Waals surface area contributed by atoms with Gasteiger partial charge < -0.3 is 4.90 Å². The van der Waals surface area contributed by atoms with Gasteiger partial charge in [0.05, 0.1) is 27.7 Å². The number of carbonyl (C=O) groups excluding carboxylic acids is 1. The van der Waals surface area contributed by atoms with E-state index < -0.39 is 4.92 Å². The molecule has 0 saturated carbocycles. The van der Waals surface area contributed by atoms with Crippen LogP contribution in [0.15, 0.2) is 23.6 Å². The summed E-state index contributed by atoms with van der Waals surface area (Å²) in [6.45, 7) is 3.85. The highest BCUT2D eigenvalue weighted by molar-refractivity contribution is 7.09. The summed E-state index contributed by atoms with van der Waals surface area (Å²) in [4.78, 5) is 28.3. The number of nitro groups is 1. The molecule has 0 aliphatic heterocycles. The van der Waals surface area contributed by atoms with E-state index in [0.29, 0.717) is 6.54 Å². The summed E-state index contributed by atoms with van der Waals surface area (Å²) >= 11 is 1.57. The van der Waals surface area contributed by atoms with E-state index in [1.165, 1.54) is 13.0 Å². The van der Waals surface area contributed by atoms with Crippen molar-refractivity contribution in [3.05, 3.63) is 50.0 Å². The van der Waals surface area contributed by atoms with Crippen LogP contribution in [0.4, 0.5) is 11.4 Å². The van der Waals surface area contributed by atoms with Crippen LogP contribution >= 0.6 is 11.3 Å². The molecule has 21 heavy (non-hydrogen) atoms. The maximum absolute atomic E-state index is 11.6. The largest absolute Gasteiger partial charge is 0.369 e. The standard InChI is InChI=1S/C14H15N3O3S/c1-9(18)13-6-12(4-5-14(13)17(19)20)16(3)7-11-8-21-10(2)15-11/h4-6,8H,7H2,1-3H3. The summed E-state index contributed by atoms with van der Waals surface area (Å²) in [5.41, 5.74) is 1.64. The summed E-state index contributed by atoms with van der Waals surface area (Å²) in [6.07, 6.45) is 0. The molecule has 0 atom stereocenters. The van der Waals surface area contributed by atoms with E-state index in [0.717, 1.165) is 16.4 Å². The Balaban J connectivity index is 2.29. The SMILES string of the molecule is CC(=O)c1cc(N(C)Cc2csc(C)n2)ccc1[N+](=O)[O-]. The number of anilines is 1. The molecule has 0 aliphatic carbocycles. The van der Waals surface area contributed by atoms with Crippen LogP contribution in [-0.4, -0.2) is 22.7 Å². The lowest BCUT2D eigenvalue weighted by atomic mass is 10.1. The fourth-order valence-electron chi connectivity index (χ4n) is 2.02. The third-order valence-corrected chi connectivity index (χ3v) is 3.88. The van der Waals surface area contributed by atoms with E-state index in [1.807, 2.05) is 24.3 Å². The number of nitrogens with zero attached hydrogens (tertiary/aromatic N) is 3. The van der Waals surface area contributed by atoms with Gasteiger partial charge in [0.15, 0.2) is 5.78 Å². The van der Waals surface area contributed by atoms with Gasteiger partial charge in [-0.15, -0.1) is 11.3 Å².